The molecule has 33 heavy (non-hydrogen) atoms. The summed E-state index contributed by atoms with van der Waals surface area (Å²) in [4.78, 5) is 24.8. The number of benzene rings is 3. The topological polar surface area (TPSA) is 87.7 Å². The van der Waals surface area contributed by atoms with E-state index < -0.39 is 35.3 Å². The van der Waals surface area contributed by atoms with Crippen LogP contribution in [0.1, 0.15) is 22.8 Å². The van der Waals surface area contributed by atoms with Gasteiger partial charge in [0.1, 0.15) is 11.5 Å². The van der Waals surface area contributed by atoms with E-state index in [4.69, 9.17) is 27.9 Å². The van der Waals surface area contributed by atoms with Gasteiger partial charge in [0.15, 0.2) is 17.7 Å². The van der Waals surface area contributed by atoms with Crippen molar-refractivity contribution in [3.63, 3.8) is 0 Å². The highest BCUT2D eigenvalue weighted by atomic mass is 35.5. The van der Waals surface area contributed by atoms with Gasteiger partial charge in [-0.05, 0) is 55.8 Å². The van der Waals surface area contributed by atoms with Crippen LogP contribution in [0.2, 0.25) is 10.0 Å². The largest absolute Gasteiger partial charge is 0.506 e. The Morgan fingerprint density at radius 2 is 1.67 bits per heavy atom. The Labute approximate surface area is 198 Å². The highest BCUT2D eigenvalue weighted by Crippen LogP contribution is 2.34. The number of halogens is 4. The first-order valence-corrected chi connectivity index (χ1v) is 10.3. The highest BCUT2D eigenvalue weighted by molar-refractivity contribution is 6.34. The average molecular weight is 495 g/mol. The molecule has 0 spiro atoms. The van der Waals surface area contributed by atoms with E-state index in [1.54, 1.807) is 18.2 Å². The molecule has 1 atom stereocenters. The summed E-state index contributed by atoms with van der Waals surface area (Å²) in [7, 11) is 0. The molecule has 0 radical (unpaired) electrons. The van der Waals surface area contributed by atoms with E-state index in [1.807, 2.05) is 6.92 Å². The summed E-state index contributed by atoms with van der Waals surface area (Å²) in [5.74, 6) is -3.73. The molecule has 0 aliphatic carbocycles. The van der Waals surface area contributed by atoms with Crippen molar-refractivity contribution < 1.29 is 28.2 Å². The maximum Gasteiger partial charge on any atom is 0.265 e. The third-order valence-corrected chi connectivity index (χ3v) is 5.14. The zero-order valence-corrected chi connectivity index (χ0v) is 18.9. The Morgan fingerprint density at radius 3 is 2.33 bits per heavy atom. The summed E-state index contributed by atoms with van der Waals surface area (Å²) in [6.45, 7) is 3.38. The number of hydrogen-bond acceptors (Lipinski definition) is 4. The van der Waals surface area contributed by atoms with E-state index in [-0.39, 0.29) is 22.0 Å². The molecule has 2 amide bonds. The number of aromatic hydroxyl groups is 1. The molecule has 0 aliphatic heterocycles. The molecule has 0 saturated heterocycles. The lowest BCUT2D eigenvalue weighted by Crippen LogP contribution is -2.30. The van der Waals surface area contributed by atoms with Crippen molar-refractivity contribution in [2.75, 3.05) is 10.6 Å². The standard InChI is InChI=1S/C23H18Cl2F2N2O4/c1-11-3-6-21(15(25)7-11)33-12(2)22(31)28-18-10-20(30)19(9-14(18)24)29-23(32)13-4-5-16(26)17(27)8-13/h3-10,12,30H,1-2H3,(H,28,31)(H,29,32). The molecule has 3 N–H and O–H groups in total. The summed E-state index contributed by atoms with van der Waals surface area (Å²) in [5, 5.41) is 15.5. The van der Waals surface area contributed by atoms with Crippen LogP contribution in [0.5, 0.6) is 11.5 Å². The van der Waals surface area contributed by atoms with Crippen molar-refractivity contribution in [1.29, 1.82) is 0 Å². The van der Waals surface area contributed by atoms with Gasteiger partial charge in [-0.15, -0.1) is 0 Å². The lowest BCUT2D eigenvalue weighted by molar-refractivity contribution is -0.122. The van der Waals surface area contributed by atoms with Crippen LogP contribution in [0.25, 0.3) is 0 Å². The van der Waals surface area contributed by atoms with Gasteiger partial charge in [0.05, 0.1) is 21.4 Å². The molecule has 172 valence electrons. The van der Waals surface area contributed by atoms with Gasteiger partial charge in [-0.2, -0.15) is 0 Å². The van der Waals surface area contributed by atoms with Crippen molar-refractivity contribution in [3.05, 3.63) is 81.3 Å². The first kappa shape index (κ1) is 24.3. The Morgan fingerprint density at radius 1 is 0.939 bits per heavy atom. The SMILES string of the molecule is Cc1ccc(OC(C)C(=O)Nc2cc(O)c(NC(=O)c3ccc(F)c(F)c3)cc2Cl)c(Cl)c1. The molecule has 10 heteroatoms. The summed E-state index contributed by atoms with van der Waals surface area (Å²) >= 11 is 12.3. The number of amides is 2. The fourth-order valence-electron chi connectivity index (χ4n) is 2.77. The maximum atomic E-state index is 13.4. The molecule has 0 fully saturated rings. The van der Waals surface area contributed by atoms with Crippen molar-refractivity contribution in [1.82, 2.24) is 0 Å². The molecule has 3 aromatic carbocycles. The average Bonchev–Trinajstić information content (AvgIpc) is 2.75. The van der Waals surface area contributed by atoms with Crippen molar-refractivity contribution in [2.45, 2.75) is 20.0 Å². The molecule has 1 unspecified atom stereocenters. The van der Waals surface area contributed by atoms with Crippen LogP contribution in [0.15, 0.2) is 48.5 Å². The lowest BCUT2D eigenvalue weighted by atomic mass is 10.2. The Kier molecular flexibility index (Phi) is 7.40. The van der Waals surface area contributed by atoms with E-state index in [2.05, 4.69) is 10.6 Å². The molecular weight excluding hydrogens is 477 g/mol. The van der Waals surface area contributed by atoms with Gasteiger partial charge in [-0.25, -0.2) is 8.78 Å². The van der Waals surface area contributed by atoms with Crippen molar-refractivity contribution >= 4 is 46.4 Å². The summed E-state index contributed by atoms with van der Waals surface area (Å²) in [5.41, 5.74) is 0.741. The number of ether oxygens (including phenoxy) is 1. The molecule has 0 saturated carbocycles. The normalized spacial score (nSPS) is 11.6. The van der Waals surface area contributed by atoms with Crippen LogP contribution < -0.4 is 15.4 Å². The van der Waals surface area contributed by atoms with Gasteiger partial charge >= 0.3 is 0 Å². The van der Waals surface area contributed by atoms with Gasteiger partial charge in [-0.1, -0.05) is 29.3 Å². The van der Waals surface area contributed by atoms with Crippen LogP contribution in [0.4, 0.5) is 20.2 Å². The number of anilines is 2. The fourth-order valence-corrected chi connectivity index (χ4v) is 3.26. The molecule has 0 aromatic heterocycles. The van der Waals surface area contributed by atoms with Crippen LogP contribution >= 0.6 is 23.2 Å². The van der Waals surface area contributed by atoms with Gasteiger partial charge < -0.3 is 20.5 Å². The van der Waals surface area contributed by atoms with Gasteiger partial charge in [0.25, 0.3) is 11.8 Å². The van der Waals surface area contributed by atoms with Crippen LogP contribution in [0.3, 0.4) is 0 Å². The molecule has 3 aromatic rings. The minimum Gasteiger partial charge on any atom is -0.506 e. The smallest absolute Gasteiger partial charge is 0.265 e. The predicted molar refractivity (Wildman–Crippen MR) is 122 cm³/mol. The number of hydrogen-bond donors (Lipinski definition) is 3. The summed E-state index contributed by atoms with van der Waals surface area (Å²) in [6.07, 6.45) is -0.948. The van der Waals surface area contributed by atoms with Crippen LogP contribution in [-0.2, 0) is 4.79 Å². The first-order valence-electron chi connectivity index (χ1n) is 9.57. The molecular formula is C23H18Cl2F2N2O4. The first-order chi connectivity index (χ1) is 15.5. The number of rotatable bonds is 6. The number of phenolic OH excluding ortho intramolecular Hbond substituents is 1. The van der Waals surface area contributed by atoms with Crippen molar-refractivity contribution in [3.8, 4) is 11.5 Å². The van der Waals surface area contributed by atoms with Crippen LogP contribution in [-0.4, -0.2) is 23.0 Å². The molecule has 0 bridgehead atoms. The van der Waals surface area contributed by atoms with Crippen LogP contribution in [0, 0.1) is 18.6 Å². The molecule has 3 rings (SSSR count). The number of phenols is 1. The third kappa shape index (κ3) is 5.91. The second-order valence-electron chi connectivity index (χ2n) is 7.12. The zero-order valence-electron chi connectivity index (χ0n) is 17.4. The quantitative estimate of drug-likeness (QED) is 0.369. The van der Waals surface area contributed by atoms with Gasteiger partial charge in [0.2, 0.25) is 0 Å². The Balaban J connectivity index is 1.70. The van der Waals surface area contributed by atoms with E-state index in [0.717, 1.165) is 29.8 Å². The lowest BCUT2D eigenvalue weighted by Gasteiger charge is -2.17. The molecule has 0 aliphatic rings. The minimum absolute atomic E-state index is 0.00213. The number of nitrogens with one attached hydrogen (secondary N) is 2. The monoisotopic (exact) mass is 494 g/mol. The zero-order chi connectivity index (χ0) is 24.3. The number of carbonyl (C=O) groups excluding carboxylic acids is 2. The maximum absolute atomic E-state index is 13.4. The molecule has 6 nitrogen and oxygen atoms in total. The molecule has 0 heterocycles. The fraction of sp³-hybridized carbons (Fsp3) is 0.130. The number of aryl methyl sites for hydroxylation is 1. The van der Waals surface area contributed by atoms with E-state index in [0.29, 0.717) is 10.8 Å². The number of carbonyl (C=O) groups is 2. The predicted octanol–water partition coefficient (Wildman–Crippen LogP) is 5.94. The van der Waals surface area contributed by atoms with E-state index >= 15 is 0 Å². The van der Waals surface area contributed by atoms with E-state index in [1.165, 1.54) is 13.0 Å². The third-order valence-electron chi connectivity index (χ3n) is 4.53. The van der Waals surface area contributed by atoms with Gasteiger partial charge in [-0.3, -0.25) is 9.59 Å². The minimum atomic E-state index is -1.19. The van der Waals surface area contributed by atoms with Gasteiger partial charge in [0, 0.05) is 11.6 Å². The summed E-state index contributed by atoms with van der Waals surface area (Å²) < 4.78 is 32.0. The second kappa shape index (κ2) is 10.1. The Bertz CT molecular complexity index is 1240. The second-order valence-corrected chi connectivity index (χ2v) is 7.93. The Hall–Kier alpha value is -3.36. The highest BCUT2D eigenvalue weighted by Gasteiger charge is 2.19. The van der Waals surface area contributed by atoms with Crippen molar-refractivity contribution in [2.24, 2.45) is 0 Å². The van der Waals surface area contributed by atoms with E-state index in [9.17, 15) is 23.5 Å². The summed E-state index contributed by atoms with van der Waals surface area (Å²) in [6, 6.07) is 10.1.